The molecule has 0 atom stereocenters. The zero-order valence-corrected chi connectivity index (χ0v) is 12.1. The normalized spacial score (nSPS) is 10.6. The minimum absolute atomic E-state index is 0.0412. The molecule has 0 aliphatic carbocycles. The van der Waals surface area contributed by atoms with Crippen LogP contribution in [0, 0.1) is 6.92 Å². The van der Waals surface area contributed by atoms with Crippen molar-refractivity contribution >= 4 is 5.91 Å². The Kier molecular flexibility index (Phi) is 4.00. The van der Waals surface area contributed by atoms with E-state index >= 15 is 0 Å². The number of hydrogen-bond donors (Lipinski definition) is 1. The van der Waals surface area contributed by atoms with Crippen LogP contribution in [0.5, 0.6) is 0 Å². The van der Waals surface area contributed by atoms with Crippen molar-refractivity contribution in [3.63, 3.8) is 0 Å². The molecular formula is C16H15N3O3. The highest BCUT2D eigenvalue weighted by atomic mass is 16.4. The number of carbonyl (C=O) groups is 1. The van der Waals surface area contributed by atoms with E-state index in [4.69, 9.17) is 8.83 Å². The fourth-order valence-corrected chi connectivity index (χ4v) is 2.02. The Bertz CT molecular complexity index is 763. The molecule has 0 fully saturated rings. The van der Waals surface area contributed by atoms with Gasteiger partial charge < -0.3 is 14.2 Å². The Morgan fingerprint density at radius 3 is 2.91 bits per heavy atom. The lowest BCUT2D eigenvalue weighted by atomic mass is 10.1. The average molecular weight is 297 g/mol. The monoisotopic (exact) mass is 297 g/mol. The van der Waals surface area contributed by atoms with E-state index in [1.807, 2.05) is 31.2 Å². The minimum atomic E-state index is -0.198. The highest BCUT2D eigenvalue weighted by molar-refractivity contribution is 5.77. The number of hydrogen-bond acceptors (Lipinski definition) is 5. The zero-order valence-electron chi connectivity index (χ0n) is 12.1. The van der Waals surface area contributed by atoms with Crippen LogP contribution in [-0.4, -0.2) is 16.1 Å². The molecular weight excluding hydrogens is 282 g/mol. The lowest BCUT2D eigenvalue weighted by Crippen LogP contribution is -2.24. The number of nitrogens with zero attached hydrogens (tertiary/aromatic N) is 2. The molecule has 0 saturated heterocycles. The first-order chi connectivity index (χ1) is 10.7. The van der Waals surface area contributed by atoms with Gasteiger partial charge in [-0.05, 0) is 31.2 Å². The molecule has 6 heteroatoms. The fraction of sp³-hybridized carbons (Fsp3) is 0.188. The second kappa shape index (κ2) is 6.26. The standard InChI is InChI=1S/C16H15N3O3/c1-11-4-2-5-12(8-11)16-19-18-15(22-16)9-14(20)17-10-13-6-3-7-21-13/h2-8H,9-10H2,1H3,(H,17,20). The Balaban J connectivity index is 1.60. The maximum absolute atomic E-state index is 11.8. The van der Waals surface area contributed by atoms with Gasteiger partial charge in [0.2, 0.25) is 17.7 Å². The Morgan fingerprint density at radius 2 is 2.14 bits per heavy atom. The first-order valence-electron chi connectivity index (χ1n) is 6.89. The van der Waals surface area contributed by atoms with E-state index < -0.39 is 0 Å². The van der Waals surface area contributed by atoms with E-state index in [1.165, 1.54) is 0 Å². The van der Waals surface area contributed by atoms with Crippen molar-refractivity contribution in [2.45, 2.75) is 19.9 Å². The van der Waals surface area contributed by atoms with Crippen molar-refractivity contribution in [1.82, 2.24) is 15.5 Å². The molecule has 112 valence electrons. The summed E-state index contributed by atoms with van der Waals surface area (Å²) < 4.78 is 10.7. The van der Waals surface area contributed by atoms with Crippen LogP contribution in [0.3, 0.4) is 0 Å². The van der Waals surface area contributed by atoms with E-state index in [9.17, 15) is 4.79 Å². The summed E-state index contributed by atoms with van der Waals surface area (Å²) in [6, 6.07) is 11.3. The summed E-state index contributed by atoms with van der Waals surface area (Å²) in [5.41, 5.74) is 1.95. The topological polar surface area (TPSA) is 81.2 Å². The van der Waals surface area contributed by atoms with Crippen LogP contribution >= 0.6 is 0 Å². The highest BCUT2D eigenvalue weighted by Gasteiger charge is 2.12. The van der Waals surface area contributed by atoms with Gasteiger partial charge in [-0.25, -0.2) is 0 Å². The molecule has 1 N–H and O–H groups in total. The fourth-order valence-electron chi connectivity index (χ4n) is 2.02. The summed E-state index contributed by atoms with van der Waals surface area (Å²) in [6.45, 7) is 2.33. The first-order valence-corrected chi connectivity index (χ1v) is 6.89. The third kappa shape index (κ3) is 3.41. The van der Waals surface area contributed by atoms with E-state index in [-0.39, 0.29) is 18.2 Å². The number of benzene rings is 1. The van der Waals surface area contributed by atoms with Crippen LogP contribution in [0.25, 0.3) is 11.5 Å². The summed E-state index contributed by atoms with van der Waals surface area (Å²) >= 11 is 0. The van der Waals surface area contributed by atoms with Crippen molar-refractivity contribution in [2.75, 3.05) is 0 Å². The van der Waals surface area contributed by atoms with Gasteiger partial charge in [0.25, 0.3) is 0 Å². The van der Waals surface area contributed by atoms with Crippen molar-refractivity contribution in [1.29, 1.82) is 0 Å². The number of carbonyl (C=O) groups excluding carboxylic acids is 1. The molecule has 3 aromatic rings. The minimum Gasteiger partial charge on any atom is -0.467 e. The highest BCUT2D eigenvalue weighted by Crippen LogP contribution is 2.18. The second-order valence-corrected chi connectivity index (χ2v) is 4.90. The Hall–Kier alpha value is -2.89. The largest absolute Gasteiger partial charge is 0.467 e. The molecule has 1 amide bonds. The van der Waals surface area contributed by atoms with Gasteiger partial charge >= 0.3 is 0 Å². The number of amides is 1. The van der Waals surface area contributed by atoms with Gasteiger partial charge in [-0.2, -0.15) is 0 Å². The van der Waals surface area contributed by atoms with E-state index in [1.54, 1.807) is 18.4 Å². The van der Waals surface area contributed by atoms with Crippen molar-refractivity contribution in [2.24, 2.45) is 0 Å². The third-order valence-electron chi connectivity index (χ3n) is 3.08. The number of furan rings is 1. The van der Waals surface area contributed by atoms with Gasteiger partial charge in [-0.1, -0.05) is 17.7 Å². The van der Waals surface area contributed by atoms with Crippen molar-refractivity contribution in [3.8, 4) is 11.5 Å². The number of aryl methyl sites for hydroxylation is 1. The molecule has 0 radical (unpaired) electrons. The summed E-state index contributed by atoms with van der Waals surface area (Å²) in [7, 11) is 0. The van der Waals surface area contributed by atoms with Gasteiger partial charge in [0.1, 0.15) is 12.2 Å². The van der Waals surface area contributed by atoms with E-state index in [0.717, 1.165) is 11.1 Å². The van der Waals surface area contributed by atoms with Gasteiger partial charge in [0.05, 0.1) is 12.8 Å². The maximum Gasteiger partial charge on any atom is 0.247 e. The molecule has 0 saturated carbocycles. The van der Waals surface area contributed by atoms with Gasteiger partial charge in [0.15, 0.2) is 0 Å². The first kappa shape index (κ1) is 14.1. The second-order valence-electron chi connectivity index (χ2n) is 4.90. The molecule has 0 unspecified atom stereocenters. The SMILES string of the molecule is Cc1cccc(-c2nnc(CC(=O)NCc3ccco3)o2)c1. The van der Waals surface area contributed by atoms with Crippen molar-refractivity contribution in [3.05, 3.63) is 59.9 Å². The van der Waals surface area contributed by atoms with Gasteiger partial charge in [-0.15, -0.1) is 10.2 Å². The molecule has 22 heavy (non-hydrogen) atoms. The summed E-state index contributed by atoms with van der Waals surface area (Å²) in [5.74, 6) is 1.20. The molecule has 1 aromatic carbocycles. The van der Waals surface area contributed by atoms with Crippen LogP contribution < -0.4 is 5.32 Å². The molecule has 2 heterocycles. The van der Waals surface area contributed by atoms with Gasteiger partial charge in [-0.3, -0.25) is 4.79 Å². The molecule has 0 bridgehead atoms. The Labute approximate surface area is 127 Å². The van der Waals surface area contributed by atoms with Crippen LogP contribution in [0.2, 0.25) is 0 Å². The summed E-state index contributed by atoms with van der Waals surface area (Å²) in [6.07, 6.45) is 1.60. The van der Waals surface area contributed by atoms with Crippen LogP contribution in [0.4, 0.5) is 0 Å². The quantitative estimate of drug-likeness (QED) is 0.782. The van der Waals surface area contributed by atoms with Crippen molar-refractivity contribution < 1.29 is 13.6 Å². The molecule has 6 nitrogen and oxygen atoms in total. The number of aromatic nitrogens is 2. The van der Waals surface area contributed by atoms with Crippen LogP contribution in [0.1, 0.15) is 17.2 Å². The smallest absolute Gasteiger partial charge is 0.247 e. The number of rotatable bonds is 5. The van der Waals surface area contributed by atoms with Crippen LogP contribution in [-0.2, 0) is 17.8 Å². The van der Waals surface area contributed by atoms with E-state index in [2.05, 4.69) is 15.5 Å². The average Bonchev–Trinajstić information content (AvgIpc) is 3.16. The van der Waals surface area contributed by atoms with E-state index in [0.29, 0.717) is 18.2 Å². The molecule has 0 aliphatic rings. The predicted octanol–water partition coefficient (Wildman–Crippen LogP) is 2.50. The lowest BCUT2D eigenvalue weighted by Gasteiger charge is -2.00. The molecule has 0 aliphatic heterocycles. The zero-order chi connectivity index (χ0) is 15.4. The lowest BCUT2D eigenvalue weighted by molar-refractivity contribution is -0.121. The van der Waals surface area contributed by atoms with Gasteiger partial charge in [0, 0.05) is 5.56 Å². The Morgan fingerprint density at radius 1 is 1.23 bits per heavy atom. The summed E-state index contributed by atoms with van der Waals surface area (Å²) in [5, 5.41) is 10.6. The predicted molar refractivity (Wildman–Crippen MR) is 78.7 cm³/mol. The maximum atomic E-state index is 11.8. The molecule has 2 aromatic heterocycles. The molecule has 0 spiro atoms. The summed E-state index contributed by atoms with van der Waals surface area (Å²) in [4.78, 5) is 11.8. The number of nitrogens with one attached hydrogen (secondary N) is 1. The van der Waals surface area contributed by atoms with Crippen LogP contribution in [0.15, 0.2) is 51.5 Å². The molecule has 3 rings (SSSR count). The third-order valence-corrected chi connectivity index (χ3v) is 3.08.